The Labute approximate surface area is 148 Å². The van der Waals surface area contributed by atoms with E-state index in [9.17, 15) is 4.79 Å². The van der Waals surface area contributed by atoms with Crippen molar-refractivity contribution in [3.63, 3.8) is 0 Å². The first-order valence-electron chi connectivity index (χ1n) is 9.36. The maximum Gasteiger partial charge on any atom is 0.363 e. The van der Waals surface area contributed by atoms with Gasteiger partial charge in [0.15, 0.2) is 5.70 Å². The van der Waals surface area contributed by atoms with Gasteiger partial charge in [-0.05, 0) is 68.7 Å². The van der Waals surface area contributed by atoms with Crippen molar-refractivity contribution in [3.8, 4) is 0 Å². The fourth-order valence-electron chi connectivity index (χ4n) is 3.87. The molecule has 0 atom stereocenters. The zero-order chi connectivity index (χ0) is 17.1. The van der Waals surface area contributed by atoms with Gasteiger partial charge in [0.05, 0.1) is 0 Å². The Hall–Kier alpha value is -2.36. The minimum Gasteiger partial charge on any atom is -0.402 e. The molecule has 2 aliphatic heterocycles. The number of piperidine rings is 1. The third-order valence-corrected chi connectivity index (χ3v) is 5.17. The zero-order valence-electron chi connectivity index (χ0n) is 14.5. The number of hydrogen-bond donors (Lipinski definition) is 0. The predicted octanol–water partition coefficient (Wildman–Crippen LogP) is 4.19. The summed E-state index contributed by atoms with van der Waals surface area (Å²) < 4.78 is 5.39. The molecule has 0 N–H and O–H groups in total. The van der Waals surface area contributed by atoms with Crippen LogP contribution in [-0.4, -0.2) is 29.9 Å². The van der Waals surface area contributed by atoms with Crippen LogP contribution in [-0.2, 0) is 9.53 Å². The minimum absolute atomic E-state index is 0.338. The van der Waals surface area contributed by atoms with Crippen LogP contribution < -0.4 is 0 Å². The maximum atomic E-state index is 12.3. The van der Waals surface area contributed by atoms with Crippen LogP contribution in [0, 0.1) is 0 Å². The van der Waals surface area contributed by atoms with Crippen LogP contribution >= 0.6 is 0 Å². The predicted molar refractivity (Wildman–Crippen MR) is 98.1 cm³/mol. The van der Waals surface area contributed by atoms with Gasteiger partial charge in [-0.1, -0.05) is 18.2 Å². The molecule has 130 valence electrons. The lowest BCUT2D eigenvalue weighted by molar-refractivity contribution is -0.130. The van der Waals surface area contributed by atoms with E-state index in [1.54, 1.807) is 0 Å². The van der Waals surface area contributed by atoms with Crippen LogP contribution in [0.15, 0.2) is 58.4 Å². The Morgan fingerprint density at radius 3 is 2.52 bits per heavy atom. The molecule has 3 aliphatic rings. The topological polar surface area (TPSA) is 41.9 Å². The number of hydrogen-bond acceptors (Lipinski definition) is 4. The van der Waals surface area contributed by atoms with Gasteiger partial charge >= 0.3 is 5.97 Å². The number of carbonyl (C=O) groups is 1. The summed E-state index contributed by atoms with van der Waals surface area (Å²) in [5.41, 5.74) is 3.98. The number of nitrogens with zero attached hydrogens (tertiary/aromatic N) is 2. The van der Waals surface area contributed by atoms with Crippen molar-refractivity contribution in [2.75, 3.05) is 13.1 Å². The largest absolute Gasteiger partial charge is 0.402 e. The average Bonchev–Trinajstić information content (AvgIpc) is 3.04. The number of benzene rings is 1. The highest BCUT2D eigenvalue weighted by Crippen LogP contribution is 2.31. The van der Waals surface area contributed by atoms with Crippen molar-refractivity contribution in [3.05, 3.63) is 58.9 Å². The highest BCUT2D eigenvalue weighted by atomic mass is 16.6. The fraction of sp³-hybridized carbons (Fsp3) is 0.429. The van der Waals surface area contributed by atoms with E-state index in [1.807, 2.05) is 36.4 Å². The van der Waals surface area contributed by atoms with Gasteiger partial charge in [0.25, 0.3) is 0 Å². The second-order valence-electron chi connectivity index (χ2n) is 6.93. The quantitative estimate of drug-likeness (QED) is 0.614. The van der Waals surface area contributed by atoms with Crippen LogP contribution in [0.5, 0.6) is 0 Å². The van der Waals surface area contributed by atoms with Gasteiger partial charge in [0, 0.05) is 24.4 Å². The summed E-state index contributed by atoms with van der Waals surface area (Å²) in [7, 11) is 0. The average molecular weight is 336 g/mol. The SMILES string of the molecule is O=C1OC(c2ccccc2)=N/C1=C\C1=C(N2CCCCC2)CCCC1. The van der Waals surface area contributed by atoms with Gasteiger partial charge in [0.2, 0.25) is 5.90 Å². The van der Waals surface area contributed by atoms with Crippen molar-refractivity contribution in [2.24, 2.45) is 4.99 Å². The molecule has 0 saturated carbocycles. The molecule has 1 fully saturated rings. The van der Waals surface area contributed by atoms with E-state index in [0.29, 0.717) is 11.6 Å². The van der Waals surface area contributed by atoms with E-state index in [0.717, 1.165) is 31.5 Å². The highest BCUT2D eigenvalue weighted by Gasteiger charge is 2.26. The summed E-state index contributed by atoms with van der Waals surface area (Å²) >= 11 is 0. The molecule has 2 heterocycles. The number of carbonyl (C=O) groups excluding carboxylic acids is 1. The first-order chi connectivity index (χ1) is 12.3. The Bertz CT molecular complexity index is 740. The number of cyclic esters (lactones) is 1. The number of esters is 1. The van der Waals surface area contributed by atoms with Gasteiger partial charge in [0.1, 0.15) is 0 Å². The third-order valence-electron chi connectivity index (χ3n) is 5.17. The summed E-state index contributed by atoms with van der Waals surface area (Å²) in [6.45, 7) is 2.29. The van der Waals surface area contributed by atoms with Crippen molar-refractivity contribution < 1.29 is 9.53 Å². The summed E-state index contributed by atoms with van der Waals surface area (Å²) in [6.07, 6.45) is 10.4. The molecule has 1 aliphatic carbocycles. The molecular weight excluding hydrogens is 312 g/mol. The summed E-state index contributed by atoms with van der Waals surface area (Å²) in [4.78, 5) is 19.3. The van der Waals surface area contributed by atoms with Crippen LogP contribution in [0.1, 0.15) is 50.5 Å². The van der Waals surface area contributed by atoms with Crippen molar-refractivity contribution in [1.29, 1.82) is 0 Å². The molecular formula is C21H24N2O2. The maximum absolute atomic E-state index is 12.3. The molecule has 0 bridgehead atoms. The normalized spacial score (nSPS) is 23.0. The molecule has 0 aromatic heterocycles. The molecule has 0 spiro atoms. The van der Waals surface area contributed by atoms with Gasteiger partial charge in [-0.2, -0.15) is 0 Å². The number of likely N-dealkylation sites (tertiary alicyclic amines) is 1. The Kier molecular flexibility index (Phi) is 4.68. The van der Waals surface area contributed by atoms with Crippen molar-refractivity contribution >= 4 is 11.9 Å². The second kappa shape index (κ2) is 7.26. The molecule has 25 heavy (non-hydrogen) atoms. The lowest BCUT2D eigenvalue weighted by atomic mass is 9.93. The molecule has 1 saturated heterocycles. The number of ether oxygens (including phenoxy) is 1. The third kappa shape index (κ3) is 3.53. The molecule has 1 aromatic rings. The zero-order valence-corrected chi connectivity index (χ0v) is 14.5. The molecule has 0 radical (unpaired) electrons. The molecule has 4 heteroatoms. The summed E-state index contributed by atoms with van der Waals surface area (Å²) in [5.74, 6) is 0.0719. The summed E-state index contributed by atoms with van der Waals surface area (Å²) in [5, 5.41) is 0. The first kappa shape index (κ1) is 16.1. The van der Waals surface area contributed by atoms with E-state index in [4.69, 9.17) is 4.74 Å². The Morgan fingerprint density at radius 2 is 1.72 bits per heavy atom. The first-order valence-corrected chi connectivity index (χ1v) is 9.36. The molecule has 0 amide bonds. The van der Waals surface area contributed by atoms with E-state index in [-0.39, 0.29) is 5.97 Å². The molecule has 0 unspecified atom stereocenters. The minimum atomic E-state index is -0.338. The number of rotatable bonds is 3. The standard InChI is InChI=1S/C21H24N2O2/c24-21-18(22-20(25-21)16-9-3-1-4-10-16)15-17-11-5-6-12-19(17)23-13-7-2-8-14-23/h1,3-4,9-10,15H,2,5-8,11-14H2/b18-15-. The molecule has 4 nitrogen and oxygen atoms in total. The van der Waals surface area contributed by atoms with Crippen molar-refractivity contribution in [1.82, 2.24) is 4.90 Å². The van der Waals surface area contributed by atoms with Crippen LogP contribution in [0.25, 0.3) is 0 Å². The van der Waals surface area contributed by atoms with Crippen LogP contribution in [0.4, 0.5) is 0 Å². The van der Waals surface area contributed by atoms with E-state index in [2.05, 4.69) is 9.89 Å². The lowest BCUT2D eigenvalue weighted by Gasteiger charge is -2.34. The highest BCUT2D eigenvalue weighted by molar-refractivity contribution is 6.11. The monoisotopic (exact) mass is 336 g/mol. The second-order valence-corrected chi connectivity index (χ2v) is 6.93. The van der Waals surface area contributed by atoms with E-state index >= 15 is 0 Å². The number of allylic oxidation sites excluding steroid dienone is 3. The van der Waals surface area contributed by atoms with Gasteiger partial charge < -0.3 is 9.64 Å². The lowest BCUT2D eigenvalue weighted by Crippen LogP contribution is -2.30. The Morgan fingerprint density at radius 1 is 0.960 bits per heavy atom. The smallest absolute Gasteiger partial charge is 0.363 e. The van der Waals surface area contributed by atoms with Gasteiger partial charge in [-0.3, -0.25) is 0 Å². The van der Waals surface area contributed by atoms with Crippen LogP contribution in [0.3, 0.4) is 0 Å². The van der Waals surface area contributed by atoms with E-state index < -0.39 is 0 Å². The Balaban J connectivity index is 1.64. The van der Waals surface area contributed by atoms with Gasteiger partial charge in [-0.15, -0.1) is 0 Å². The molecule has 4 rings (SSSR count). The fourth-order valence-corrected chi connectivity index (χ4v) is 3.87. The molecule has 1 aromatic carbocycles. The summed E-state index contributed by atoms with van der Waals surface area (Å²) in [6, 6.07) is 9.61. The van der Waals surface area contributed by atoms with E-state index in [1.165, 1.54) is 43.4 Å². The van der Waals surface area contributed by atoms with Crippen molar-refractivity contribution in [2.45, 2.75) is 44.9 Å². The van der Waals surface area contributed by atoms with Crippen LogP contribution in [0.2, 0.25) is 0 Å². The van der Waals surface area contributed by atoms with Gasteiger partial charge in [-0.25, -0.2) is 9.79 Å². The number of aliphatic imine (C=N–C) groups is 1.